The smallest absolute Gasteiger partial charge is 0.344 e. The summed E-state index contributed by atoms with van der Waals surface area (Å²) in [5, 5.41) is 3.11. The van der Waals surface area contributed by atoms with Crippen molar-refractivity contribution in [3.05, 3.63) is 71.0 Å². The van der Waals surface area contributed by atoms with E-state index in [-0.39, 0.29) is 5.76 Å². The van der Waals surface area contributed by atoms with Gasteiger partial charge >= 0.3 is 5.97 Å². The lowest BCUT2D eigenvalue weighted by atomic mass is 9.89. The third-order valence-electron chi connectivity index (χ3n) is 4.89. The van der Waals surface area contributed by atoms with Gasteiger partial charge in [-0.3, -0.25) is 9.79 Å². The number of rotatable bonds is 3. The zero-order valence-corrected chi connectivity index (χ0v) is 16.4. The van der Waals surface area contributed by atoms with Gasteiger partial charge in [0.15, 0.2) is 5.17 Å². The number of esters is 1. The quantitative estimate of drug-likeness (QED) is 0.594. The van der Waals surface area contributed by atoms with Crippen LogP contribution in [0.3, 0.4) is 0 Å². The number of anilines is 1. The molecule has 2 heterocycles. The molecule has 0 spiro atoms. The van der Waals surface area contributed by atoms with Crippen molar-refractivity contribution in [2.24, 2.45) is 10.7 Å². The number of hydrogen-bond acceptors (Lipinski definition) is 6. The molecule has 1 atom stereocenters. The second-order valence-electron chi connectivity index (χ2n) is 6.95. The number of hydrogen-bond donors (Lipinski definition) is 2. The van der Waals surface area contributed by atoms with Crippen LogP contribution >= 0.6 is 11.8 Å². The summed E-state index contributed by atoms with van der Waals surface area (Å²) in [5.41, 5.74) is 6.78. The van der Waals surface area contributed by atoms with E-state index in [1.54, 1.807) is 30.3 Å². The van der Waals surface area contributed by atoms with E-state index < -0.39 is 23.2 Å². The highest BCUT2D eigenvalue weighted by Gasteiger charge is 2.32. The van der Waals surface area contributed by atoms with Crippen molar-refractivity contribution in [2.45, 2.75) is 18.9 Å². The molecule has 0 saturated carbocycles. The van der Waals surface area contributed by atoms with Gasteiger partial charge in [0.1, 0.15) is 11.6 Å². The van der Waals surface area contributed by atoms with Crippen molar-refractivity contribution in [1.29, 1.82) is 0 Å². The number of nitrogens with two attached hydrogens (primary N) is 1. The largest absolute Gasteiger partial charge is 0.422 e. The molecular weight excluding hydrogens is 393 g/mol. The van der Waals surface area contributed by atoms with Crippen LogP contribution in [-0.4, -0.2) is 22.8 Å². The number of benzene rings is 2. The van der Waals surface area contributed by atoms with Crippen molar-refractivity contribution < 1.29 is 18.7 Å². The van der Waals surface area contributed by atoms with Crippen molar-refractivity contribution in [1.82, 2.24) is 0 Å². The Balaban J connectivity index is 1.59. The molecule has 0 saturated heterocycles. The fraction of sp³-hybridized carbons (Fsp3) is 0.190. The van der Waals surface area contributed by atoms with E-state index >= 15 is 0 Å². The Labute approximate surface area is 171 Å². The monoisotopic (exact) mass is 411 g/mol. The molecule has 2 aromatic carbocycles. The van der Waals surface area contributed by atoms with Crippen LogP contribution in [0.25, 0.3) is 5.76 Å². The minimum absolute atomic E-state index is 0.180. The summed E-state index contributed by atoms with van der Waals surface area (Å²) in [7, 11) is 0. The number of nitrogens with one attached hydrogen (secondary N) is 1. The second kappa shape index (κ2) is 7.36. The van der Waals surface area contributed by atoms with E-state index in [9.17, 15) is 14.0 Å². The maximum absolute atomic E-state index is 14.5. The van der Waals surface area contributed by atoms with Gasteiger partial charge < -0.3 is 15.8 Å². The van der Waals surface area contributed by atoms with Crippen LogP contribution in [0, 0.1) is 5.82 Å². The molecule has 29 heavy (non-hydrogen) atoms. The lowest BCUT2D eigenvalue weighted by molar-refractivity contribution is -0.111. The first-order valence-electron chi connectivity index (χ1n) is 8.98. The Hall–Kier alpha value is -3.13. The average molecular weight is 411 g/mol. The number of cyclic esters (lactones) is 1. The van der Waals surface area contributed by atoms with Gasteiger partial charge in [0.05, 0.1) is 11.1 Å². The number of carbonyl (C=O) groups is 2. The molecule has 8 heteroatoms. The SMILES string of the molecule is CC1(c2cc(NC(=O)/C=C3/OC(=O)c4ccccc43)ccc2F)CCSC(N)=N1. The van der Waals surface area contributed by atoms with Crippen molar-refractivity contribution in [3.63, 3.8) is 0 Å². The van der Waals surface area contributed by atoms with Gasteiger partial charge in [-0.2, -0.15) is 0 Å². The van der Waals surface area contributed by atoms with Gasteiger partial charge in [0, 0.05) is 28.6 Å². The van der Waals surface area contributed by atoms with Crippen LogP contribution in [0.1, 0.15) is 34.8 Å². The fourth-order valence-electron chi connectivity index (χ4n) is 3.39. The predicted octanol–water partition coefficient (Wildman–Crippen LogP) is 3.64. The first-order chi connectivity index (χ1) is 13.9. The Morgan fingerprint density at radius 3 is 2.83 bits per heavy atom. The highest BCUT2D eigenvalue weighted by Crippen LogP contribution is 2.37. The van der Waals surface area contributed by atoms with Crippen molar-refractivity contribution in [2.75, 3.05) is 11.1 Å². The van der Waals surface area contributed by atoms with Crippen LogP contribution in [0.5, 0.6) is 0 Å². The molecule has 0 radical (unpaired) electrons. The molecule has 0 aliphatic carbocycles. The Bertz CT molecular complexity index is 1080. The number of amidine groups is 1. The minimum Gasteiger partial charge on any atom is -0.422 e. The molecule has 0 fully saturated rings. The molecule has 1 unspecified atom stereocenters. The predicted molar refractivity (Wildman–Crippen MR) is 111 cm³/mol. The van der Waals surface area contributed by atoms with Gasteiger partial charge in [-0.25, -0.2) is 9.18 Å². The highest BCUT2D eigenvalue weighted by atomic mass is 32.2. The fourth-order valence-corrected chi connectivity index (χ4v) is 4.36. The van der Waals surface area contributed by atoms with Crippen LogP contribution < -0.4 is 11.1 Å². The number of amides is 1. The first-order valence-corrected chi connectivity index (χ1v) is 9.97. The molecule has 2 aliphatic heterocycles. The first kappa shape index (κ1) is 19.2. The maximum atomic E-state index is 14.5. The molecule has 3 N–H and O–H groups in total. The van der Waals surface area contributed by atoms with E-state index in [0.29, 0.717) is 34.0 Å². The summed E-state index contributed by atoms with van der Waals surface area (Å²) in [5.74, 6) is -0.486. The molecular formula is C21H18FN3O3S. The lowest BCUT2D eigenvalue weighted by Gasteiger charge is -2.30. The van der Waals surface area contributed by atoms with Crippen LogP contribution in [0.4, 0.5) is 10.1 Å². The number of carbonyl (C=O) groups excluding carboxylic acids is 2. The zero-order chi connectivity index (χ0) is 20.6. The third kappa shape index (κ3) is 3.75. The molecule has 1 amide bonds. The van der Waals surface area contributed by atoms with Crippen molar-refractivity contribution >= 4 is 40.3 Å². The molecule has 148 valence electrons. The summed E-state index contributed by atoms with van der Waals surface area (Å²) >= 11 is 1.43. The van der Waals surface area contributed by atoms with Gasteiger partial charge in [-0.05, 0) is 37.6 Å². The molecule has 0 bridgehead atoms. The number of halogens is 1. The summed E-state index contributed by atoms with van der Waals surface area (Å²) in [6, 6.07) is 11.2. The highest BCUT2D eigenvalue weighted by molar-refractivity contribution is 8.13. The molecule has 2 aliphatic rings. The normalized spacial score (nSPS) is 22.1. The summed E-state index contributed by atoms with van der Waals surface area (Å²) < 4.78 is 19.7. The summed E-state index contributed by atoms with van der Waals surface area (Å²) in [4.78, 5) is 28.8. The Kier molecular flexibility index (Phi) is 4.87. The van der Waals surface area contributed by atoms with E-state index in [2.05, 4.69) is 10.3 Å². The van der Waals surface area contributed by atoms with Gasteiger partial charge in [0.2, 0.25) is 0 Å². The van der Waals surface area contributed by atoms with Gasteiger partial charge in [0.25, 0.3) is 5.91 Å². The third-order valence-corrected chi connectivity index (χ3v) is 5.68. The number of ether oxygens (including phenoxy) is 1. The van der Waals surface area contributed by atoms with E-state index in [1.807, 2.05) is 6.92 Å². The maximum Gasteiger partial charge on any atom is 0.344 e. The van der Waals surface area contributed by atoms with Crippen LogP contribution in [0.15, 0.2) is 53.5 Å². The standard InChI is InChI=1S/C21H18FN3O3S/c1-21(8-9-29-20(23)25-21)15-10-12(6-7-16(15)22)24-18(26)11-17-13-4-2-3-5-14(13)19(27)28-17/h2-7,10-11H,8-9H2,1H3,(H2,23,25)(H,24,26)/b17-11+. The minimum atomic E-state index is -0.793. The average Bonchev–Trinajstić information content (AvgIpc) is 2.99. The summed E-state index contributed by atoms with van der Waals surface area (Å²) in [6.07, 6.45) is 1.84. The topological polar surface area (TPSA) is 93.8 Å². The van der Waals surface area contributed by atoms with Gasteiger partial charge in [-0.1, -0.05) is 30.0 Å². The van der Waals surface area contributed by atoms with E-state index in [0.717, 1.165) is 5.75 Å². The molecule has 6 nitrogen and oxygen atoms in total. The van der Waals surface area contributed by atoms with Crippen molar-refractivity contribution in [3.8, 4) is 0 Å². The van der Waals surface area contributed by atoms with Gasteiger partial charge in [-0.15, -0.1) is 0 Å². The van der Waals surface area contributed by atoms with Crippen LogP contribution in [-0.2, 0) is 15.1 Å². The number of thioether (sulfide) groups is 1. The zero-order valence-electron chi connectivity index (χ0n) is 15.6. The van der Waals surface area contributed by atoms with E-state index in [1.165, 1.54) is 30.0 Å². The molecule has 0 aromatic heterocycles. The lowest BCUT2D eigenvalue weighted by Crippen LogP contribution is -2.29. The summed E-state index contributed by atoms with van der Waals surface area (Å²) in [6.45, 7) is 1.82. The van der Waals surface area contributed by atoms with Crippen LogP contribution in [0.2, 0.25) is 0 Å². The molecule has 4 rings (SSSR count). The molecule has 2 aromatic rings. The Morgan fingerprint density at radius 1 is 1.31 bits per heavy atom. The number of aliphatic imine (C=N–C) groups is 1. The number of fused-ring (bicyclic) bond motifs is 1. The second-order valence-corrected chi connectivity index (χ2v) is 8.07. The Morgan fingerprint density at radius 2 is 2.07 bits per heavy atom. The van der Waals surface area contributed by atoms with E-state index in [4.69, 9.17) is 10.5 Å². The number of nitrogens with zero attached hydrogens (tertiary/aromatic N) is 1.